The number of nitrogens with one attached hydrogen (secondary N) is 2. The highest BCUT2D eigenvalue weighted by Crippen LogP contribution is 2.30. The Bertz CT molecular complexity index is 615. The molecule has 1 heterocycles. The fraction of sp³-hybridized carbons (Fsp3) is 0.867. The van der Waals surface area contributed by atoms with Gasteiger partial charge in [0.2, 0.25) is 5.91 Å². The van der Waals surface area contributed by atoms with Crippen molar-refractivity contribution in [3.63, 3.8) is 0 Å². The van der Waals surface area contributed by atoms with E-state index >= 15 is 0 Å². The van der Waals surface area contributed by atoms with Gasteiger partial charge in [-0.25, -0.2) is 13.4 Å². The summed E-state index contributed by atoms with van der Waals surface area (Å²) in [4.78, 5) is 17.3. The predicted octanol–water partition coefficient (Wildman–Crippen LogP) is 0.581. The molecule has 1 fully saturated rings. The number of piperidine rings is 1. The van der Waals surface area contributed by atoms with Gasteiger partial charge in [-0.1, -0.05) is 6.92 Å². The molecule has 8 nitrogen and oxygen atoms in total. The van der Waals surface area contributed by atoms with Crippen LogP contribution in [-0.4, -0.2) is 81.8 Å². The molecule has 0 saturated carbocycles. The van der Waals surface area contributed by atoms with Gasteiger partial charge in [0.15, 0.2) is 5.96 Å². The normalized spacial score (nSPS) is 17.6. The lowest BCUT2D eigenvalue weighted by atomic mass is 9.98. The molecule has 0 aliphatic carbocycles. The zero-order chi connectivity index (χ0) is 20.7. The molecule has 0 aromatic heterocycles. The van der Waals surface area contributed by atoms with E-state index in [1.165, 1.54) is 4.90 Å². The fourth-order valence-corrected chi connectivity index (χ4v) is 3.43. The highest BCUT2D eigenvalue weighted by Gasteiger charge is 2.50. The highest BCUT2D eigenvalue weighted by atomic mass is 32.2. The van der Waals surface area contributed by atoms with Crippen LogP contribution in [0.15, 0.2) is 4.99 Å². The van der Waals surface area contributed by atoms with Crippen LogP contribution < -0.4 is 10.6 Å². The lowest BCUT2D eigenvalue weighted by Gasteiger charge is -2.31. The first-order valence-corrected chi connectivity index (χ1v) is 10.2. The molecule has 2 N–H and O–H groups in total. The average Bonchev–Trinajstić information content (AvgIpc) is 2.60. The topological polar surface area (TPSA) is 94.1 Å². The molecule has 1 aliphatic heterocycles. The number of guanidine groups is 1. The van der Waals surface area contributed by atoms with Crippen LogP contribution in [0.5, 0.6) is 0 Å². The van der Waals surface area contributed by atoms with Gasteiger partial charge in [0.1, 0.15) is 6.54 Å². The zero-order valence-electron chi connectivity index (χ0n) is 15.8. The lowest BCUT2D eigenvalue weighted by Crippen LogP contribution is -2.47. The molecule has 0 spiro atoms. The number of amides is 1. The standard InChI is InChI=1S/C15H28F3N5O3S/c1-4-7-19-14(21-11-13(24)22(2)3)20-10-12-5-8-23(9-6-12)27(25,26)15(16,17)18/h12H,4-11H2,1-3H3,(H2,19,20,21). The van der Waals surface area contributed by atoms with E-state index in [1.807, 2.05) is 6.92 Å². The summed E-state index contributed by atoms with van der Waals surface area (Å²) in [5.74, 6) is 0.318. The Morgan fingerprint density at radius 1 is 1.22 bits per heavy atom. The molecule has 0 aromatic carbocycles. The van der Waals surface area contributed by atoms with Crippen molar-refractivity contribution in [2.45, 2.75) is 31.7 Å². The average molecular weight is 415 g/mol. The second-order valence-corrected chi connectivity index (χ2v) is 8.48. The van der Waals surface area contributed by atoms with Gasteiger partial charge in [0.25, 0.3) is 0 Å². The molecule has 0 unspecified atom stereocenters. The lowest BCUT2D eigenvalue weighted by molar-refractivity contribution is -0.127. The van der Waals surface area contributed by atoms with E-state index in [0.29, 0.717) is 36.2 Å². The number of alkyl halides is 3. The molecule has 0 atom stereocenters. The Labute approximate surface area is 158 Å². The number of carbonyl (C=O) groups excluding carboxylic acids is 1. The monoisotopic (exact) mass is 415 g/mol. The van der Waals surface area contributed by atoms with Crippen molar-refractivity contribution < 1.29 is 26.4 Å². The van der Waals surface area contributed by atoms with Gasteiger partial charge < -0.3 is 15.5 Å². The molecule has 0 bridgehead atoms. The smallest absolute Gasteiger partial charge is 0.356 e. The van der Waals surface area contributed by atoms with Crippen molar-refractivity contribution >= 4 is 21.9 Å². The van der Waals surface area contributed by atoms with Gasteiger partial charge in [0.05, 0.1) is 0 Å². The Kier molecular flexibility index (Phi) is 8.79. The second kappa shape index (κ2) is 10.1. The molecular formula is C15H28F3N5O3S. The molecule has 27 heavy (non-hydrogen) atoms. The third-order valence-electron chi connectivity index (χ3n) is 4.18. The number of halogens is 3. The zero-order valence-corrected chi connectivity index (χ0v) is 16.7. The van der Waals surface area contributed by atoms with E-state index in [2.05, 4.69) is 15.6 Å². The van der Waals surface area contributed by atoms with Crippen LogP contribution in [0.2, 0.25) is 0 Å². The van der Waals surface area contributed by atoms with Crippen molar-refractivity contribution in [2.75, 3.05) is 46.8 Å². The first kappa shape index (κ1) is 23.5. The van der Waals surface area contributed by atoms with Crippen LogP contribution in [0.25, 0.3) is 0 Å². The molecule has 1 rings (SSSR count). The van der Waals surface area contributed by atoms with Crippen molar-refractivity contribution in [3.8, 4) is 0 Å². The van der Waals surface area contributed by atoms with Crippen LogP contribution in [0, 0.1) is 5.92 Å². The van der Waals surface area contributed by atoms with Crippen molar-refractivity contribution in [2.24, 2.45) is 10.9 Å². The van der Waals surface area contributed by atoms with Gasteiger partial charge in [-0.05, 0) is 25.2 Å². The number of hydrogen-bond donors (Lipinski definition) is 2. The van der Waals surface area contributed by atoms with Crippen molar-refractivity contribution in [3.05, 3.63) is 0 Å². The minimum atomic E-state index is -5.26. The van der Waals surface area contributed by atoms with E-state index in [1.54, 1.807) is 14.1 Å². The maximum absolute atomic E-state index is 12.6. The molecule has 1 amide bonds. The summed E-state index contributed by atoms with van der Waals surface area (Å²) in [6.07, 6.45) is 1.50. The van der Waals surface area contributed by atoms with E-state index in [4.69, 9.17) is 0 Å². The van der Waals surface area contributed by atoms with Crippen molar-refractivity contribution in [1.29, 1.82) is 0 Å². The molecule has 1 aliphatic rings. The minimum Gasteiger partial charge on any atom is -0.356 e. The van der Waals surface area contributed by atoms with E-state index in [0.717, 1.165) is 6.42 Å². The maximum atomic E-state index is 12.6. The van der Waals surface area contributed by atoms with Crippen LogP contribution >= 0.6 is 0 Å². The second-order valence-electron chi connectivity index (χ2n) is 6.55. The fourth-order valence-electron chi connectivity index (χ4n) is 2.45. The van der Waals surface area contributed by atoms with Crippen LogP contribution in [0.3, 0.4) is 0 Å². The largest absolute Gasteiger partial charge is 0.511 e. The van der Waals surface area contributed by atoms with E-state index in [-0.39, 0.29) is 31.5 Å². The summed E-state index contributed by atoms with van der Waals surface area (Å²) in [5, 5.41) is 6.15. The third-order valence-corrected chi connectivity index (χ3v) is 5.81. The van der Waals surface area contributed by atoms with Crippen LogP contribution in [0.1, 0.15) is 26.2 Å². The predicted molar refractivity (Wildman–Crippen MR) is 96.6 cm³/mol. The van der Waals surface area contributed by atoms with Crippen LogP contribution in [-0.2, 0) is 14.8 Å². The van der Waals surface area contributed by atoms with Gasteiger partial charge in [-0.15, -0.1) is 0 Å². The highest BCUT2D eigenvalue weighted by molar-refractivity contribution is 7.90. The van der Waals surface area contributed by atoms with Crippen LogP contribution in [0.4, 0.5) is 13.2 Å². The molecule has 158 valence electrons. The number of nitrogens with zero attached hydrogens (tertiary/aromatic N) is 3. The maximum Gasteiger partial charge on any atom is 0.511 e. The molecule has 12 heteroatoms. The number of rotatable bonds is 7. The first-order valence-electron chi connectivity index (χ1n) is 8.77. The molecule has 0 radical (unpaired) electrons. The minimum absolute atomic E-state index is 0.0165. The summed E-state index contributed by atoms with van der Waals surface area (Å²) in [6.45, 7) is 2.72. The van der Waals surface area contributed by atoms with E-state index < -0.39 is 15.5 Å². The van der Waals surface area contributed by atoms with Gasteiger partial charge in [0, 0.05) is 40.3 Å². The number of sulfonamides is 1. The molecular weight excluding hydrogens is 387 g/mol. The van der Waals surface area contributed by atoms with Crippen molar-refractivity contribution in [1.82, 2.24) is 19.8 Å². The van der Waals surface area contributed by atoms with E-state index in [9.17, 15) is 26.4 Å². The third kappa shape index (κ3) is 7.17. The molecule has 1 saturated heterocycles. The van der Waals surface area contributed by atoms with Gasteiger partial charge >= 0.3 is 15.5 Å². The molecule has 0 aromatic rings. The van der Waals surface area contributed by atoms with Gasteiger partial charge in [-0.2, -0.15) is 17.5 Å². The Morgan fingerprint density at radius 2 is 1.81 bits per heavy atom. The first-order chi connectivity index (χ1) is 12.5. The number of likely N-dealkylation sites (N-methyl/N-ethyl adjacent to an activating group) is 1. The summed E-state index contributed by atoms with van der Waals surface area (Å²) in [5.41, 5.74) is -5.26. The number of carbonyl (C=O) groups is 1. The Morgan fingerprint density at radius 3 is 2.30 bits per heavy atom. The summed E-state index contributed by atoms with van der Waals surface area (Å²) >= 11 is 0. The SMILES string of the molecule is CCCNC(=NCC(=O)N(C)C)NCC1CCN(S(=O)(=O)C(F)(F)F)CC1. The summed E-state index contributed by atoms with van der Waals surface area (Å²) < 4.78 is 61.1. The number of aliphatic imine (C=N–C) groups is 1. The Hall–Kier alpha value is -1.56. The summed E-state index contributed by atoms with van der Waals surface area (Å²) in [7, 11) is -1.99. The summed E-state index contributed by atoms with van der Waals surface area (Å²) in [6, 6.07) is 0. The Balaban J connectivity index is 2.56. The number of hydrogen-bond acceptors (Lipinski definition) is 4. The van der Waals surface area contributed by atoms with Gasteiger partial charge in [-0.3, -0.25) is 4.79 Å². The quantitative estimate of drug-likeness (QED) is 0.469.